The standard InChI is InChI=1S/C21H32O4/c1-24-17-13-18(22)20(19(14-17)25-2)21(23,15-9-5-3-6-10-15)16-11-7-4-8-12-16/h13-16,22-23H,3-12H2,1-2H3. The van der Waals surface area contributed by atoms with E-state index in [0.29, 0.717) is 17.1 Å². The van der Waals surface area contributed by atoms with Crippen LogP contribution in [-0.4, -0.2) is 24.4 Å². The number of methoxy groups -OCH3 is 2. The van der Waals surface area contributed by atoms with Crippen molar-refractivity contribution in [3.63, 3.8) is 0 Å². The zero-order chi connectivity index (χ0) is 17.9. The van der Waals surface area contributed by atoms with Gasteiger partial charge in [0.2, 0.25) is 0 Å². The molecule has 4 nitrogen and oxygen atoms in total. The summed E-state index contributed by atoms with van der Waals surface area (Å²) in [7, 11) is 3.17. The van der Waals surface area contributed by atoms with Crippen molar-refractivity contribution in [1.29, 1.82) is 0 Å². The van der Waals surface area contributed by atoms with Gasteiger partial charge in [-0.2, -0.15) is 0 Å². The van der Waals surface area contributed by atoms with Crippen molar-refractivity contribution in [1.82, 2.24) is 0 Å². The van der Waals surface area contributed by atoms with Crippen LogP contribution in [0.3, 0.4) is 0 Å². The average Bonchev–Trinajstić information content (AvgIpc) is 2.68. The molecule has 0 amide bonds. The van der Waals surface area contributed by atoms with Crippen LogP contribution in [0.4, 0.5) is 0 Å². The molecule has 0 radical (unpaired) electrons. The lowest BCUT2D eigenvalue weighted by Gasteiger charge is -2.46. The van der Waals surface area contributed by atoms with E-state index in [1.165, 1.54) is 12.8 Å². The number of rotatable bonds is 5. The number of benzene rings is 1. The molecule has 1 aromatic carbocycles. The highest BCUT2D eigenvalue weighted by Gasteiger charge is 2.48. The lowest BCUT2D eigenvalue weighted by atomic mass is 9.63. The smallest absolute Gasteiger partial charge is 0.132 e. The van der Waals surface area contributed by atoms with E-state index in [1.807, 2.05) is 0 Å². The van der Waals surface area contributed by atoms with Gasteiger partial charge >= 0.3 is 0 Å². The summed E-state index contributed by atoms with van der Waals surface area (Å²) in [5, 5.41) is 22.9. The first-order valence-electron chi connectivity index (χ1n) is 9.79. The molecule has 3 rings (SSSR count). The third-order valence-corrected chi connectivity index (χ3v) is 6.37. The van der Waals surface area contributed by atoms with Gasteiger partial charge in [0.1, 0.15) is 22.8 Å². The number of aliphatic hydroxyl groups is 1. The number of phenolic OH excluding ortho intramolecular Hbond substituents is 1. The topological polar surface area (TPSA) is 58.9 Å². The Hall–Kier alpha value is -1.42. The second kappa shape index (κ2) is 7.86. The zero-order valence-electron chi connectivity index (χ0n) is 15.6. The molecule has 0 bridgehead atoms. The quantitative estimate of drug-likeness (QED) is 0.805. The van der Waals surface area contributed by atoms with E-state index in [2.05, 4.69) is 0 Å². The van der Waals surface area contributed by atoms with Crippen molar-refractivity contribution in [3.8, 4) is 17.2 Å². The average molecular weight is 348 g/mol. The first kappa shape index (κ1) is 18.4. The molecule has 0 aromatic heterocycles. The van der Waals surface area contributed by atoms with Crippen LogP contribution >= 0.6 is 0 Å². The molecule has 25 heavy (non-hydrogen) atoms. The molecule has 0 spiro atoms. The molecule has 140 valence electrons. The van der Waals surface area contributed by atoms with Gasteiger partial charge in [-0.25, -0.2) is 0 Å². The van der Waals surface area contributed by atoms with E-state index in [-0.39, 0.29) is 17.6 Å². The summed E-state index contributed by atoms with van der Waals surface area (Å²) in [4.78, 5) is 0. The Morgan fingerprint density at radius 2 is 1.36 bits per heavy atom. The summed E-state index contributed by atoms with van der Waals surface area (Å²) >= 11 is 0. The fraction of sp³-hybridized carbons (Fsp3) is 0.714. The maximum absolute atomic E-state index is 12.1. The molecule has 0 aliphatic heterocycles. The summed E-state index contributed by atoms with van der Waals surface area (Å²) in [6.07, 6.45) is 11.1. The lowest BCUT2D eigenvalue weighted by Crippen LogP contribution is -2.44. The van der Waals surface area contributed by atoms with Gasteiger partial charge < -0.3 is 19.7 Å². The largest absolute Gasteiger partial charge is 0.507 e. The molecule has 2 saturated carbocycles. The Labute approximate surface area is 151 Å². The highest BCUT2D eigenvalue weighted by molar-refractivity contribution is 5.53. The van der Waals surface area contributed by atoms with Crippen LogP contribution in [0.2, 0.25) is 0 Å². The monoisotopic (exact) mass is 348 g/mol. The van der Waals surface area contributed by atoms with Gasteiger partial charge in [-0.05, 0) is 37.5 Å². The summed E-state index contributed by atoms with van der Waals surface area (Å²) in [5.41, 5.74) is -0.447. The molecular formula is C21H32O4. The predicted octanol–water partition coefficient (Wildman–Crippen LogP) is 4.76. The minimum atomic E-state index is -1.03. The fourth-order valence-electron chi connectivity index (χ4n) is 5.08. The molecule has 2 fully saturated rings. The first-order chi connectivity index (χ1) is 12.1. The van der Waals surface area contributed by atoms with E-state index in [4.69, 9.17) is 9.47 Å². The Morgan fingerprint density at radius 3 is 1.80 bits per heavy atom. The molecule has 4 heteroatoms. The van der Waals surface area contributed by atoms with Crippen molar-refractivity contribution in [2.45, 2.75) is 69.8 Å². The molecule has 2 N–H and O–H groups in total. The minimum absolute atomic E-state index is 0.0925. The van der Waals surface area contributed by atoms with Crippen LogP contribution in [0, 0.1) is 11.8 Å². The normalized spacial score (nSPS) is 20.4. The summed E-state index contributed by atoms with van der Waals surface area (Å²) in [6.45, 7) is 0. The number of ether oxygens (including phenoxy) is 2. The fourth-order valence-corrected chi connectivity index (χ4v) is 5.08. The second-order valence-electron chi connectivity index (χ2n) is 7.72. The van der Waals surface area contributed by atoms with Crippen LogP contribution in [-0.2, 0) is 5.60 Å². The first-order valence-corrected chi connectivity index (χ1v) is 9.79. The van der Waals surface area contributed by atoms with Gasteiger partial charge in [0.05, 0.1) is 19.8 Å². The third-order valence-electron chi connectivity index (χ3n) is 6.37. The predicted molar refractivity (Wildman–Crippen MR) is 98.3 cm³/mol. The maximum Gasteiger partial charge on any atom is 0.132 e. The number of aromatic hydroxyl groups is 1. The van der Waals surface area contributed by atoms with Gasteiger partial charge in [-0.15, -0.1) is 0 Å². The van der Waals surface area contributed by atoms with E-state index in [0.717, 1.165) is 51.4 Å². The Bertz CT molecular complexity index is 554. The highest BCUT2D eigenvalue weighted by atomic mass is 16.5. The van der Waals surface area contributed by atoms with Crippen LogP contribution in [0.5, 0.6) is 17.2 Å². The molecule has 0 heterocycles. The molecule has 0 unspecified atom stereocenters. The van der Waals surface area contributed by atoms with E-state index >= 15 is 0 Å². The number of hydrogen-bond acceptors (Lipinski definition) is 4. The summed E-state index contributed by atoms with van der Waals surface area (Å²) in [6, 6.07) is 3.39. The lowest BCUT2D eigenvalue weighted by molar-refractivity contribution is -0.101. The van der Waals surface area contributed by atoms with E-state index in [9.17, 15) is 10.2 Å². The van der Waals surface area contributed by atoms with Gasteiger partial charge in [0.15, 0.2) is 0 Å². The van der Waals surface area contributed by atoms with E-state index < -0.39 is 5.60 Å². The molecule has 1 aromatic rings. The van der Waals surface area contributed by atoms with Crippen molar-refractivity contribution in [2.24, 2.45) is 11.8 Å². The van der Waals surface area contributed by atoms with Crippen molar-refractivity contribution in [2.75, 3.05) is 14.2 Å². The molecule has 2 aliphatic rings. The van der Waals surface area contributed by atoms with Crippen LogP contribution in [0.25, 0.3) is 0 Å². The van der Waals surface area contributed by atoms with Crippen LogP contribution in [0.1, 0.15) is 69.8 Å². The van der Waals surface area contributed by atoms with Crippen molar-refractivity contribution >= 4 is 0 Å². The van der Waals surface area contributed by atoms with E-state index in [1.54, 1.807) is 26.4 Å². The van der Waals surface area contributed by atoms with Gasteiger partial charge in [-0.1, -0.05) is 38.5 Å². The molecule has 0 saturated heterocycles. The minimum Gasteiger partial charge on any atom is -0.507 e. The maximum atomic E-state index is 12.1. The summed E-state index contributed by atoms with van der Waals surface area (Å²) in [5.74, 6) is 1.54. The Morgan fingerprint density at radius 1 is 0.840 bits per heavy atom. The van der Waals surface area contributed by atoms with Gasteiger partial charge in [0.25, 0.3) is 0 Å². The van der Waals surface area contributed by atoms with Crippen LogP contribution < -0.4 is 9.47 Å². The molecular weight excluding hydrogens is 316 g/mol. The molecule has 0 atom stereocenters. The Kier molecular flexibility index (Phi) is 5.78. The SMILES string of the molecule is COc1cc(O)c(C(O)(C2CCCCC2)C2CCCCC2)c(OC)c1. The highest BCUT2D eigenvalue weighted by Crippen LogP contribution is 2.54. The van der Waals surface area contributed by atoms with Crippen molar-refractivity contribution < 1.29 is 19.7 Å². The van der Waals surface area contributed by atoms with Gasteiger partial charge in [-0.3, -0.25) is 0 Å². The van der Waals surface area contributed by atoms with Crippen LogP contribution in [0.15, 0.2) is 12.1 Å². The third kappa shape index (κ3) is 3.46. The van der Waals surface area contributed by atoms with Crippen molar-refractivity contribution in [3.05, 3.63) is 17.7 Å². The zero-order valence-corrected chi connectivity index (χ0v) is 15.6. The second-order valence-corrected chi connectivity index (χ2v) is 7.72. The molecule has 2 aliphatic carbocycles. The summed E-state index contributed by atoms with van der Waals surface area (Å²) < 4.78 is 10.9. The number of hydrogen-bond donors (Lipinski definition) is 2. The Balaban J connectivity index is 2.10. The number of phenols is 1. The van der Waals surface area contributed by atoms with Gasteiger partial charge in [0, 0.05) is 12.1 Å².